The Bertz CT molecular complexity index is 1300. The highest BCUT2D eigenvalue weighted by Gasteiger charge is 2.39. The Morgan fingerprint density at radius 2 is 1.86 bits per heavy atom. The summed E-state index contributed by atoms with van der Waals surface area (Å²) in [6, 6.07) is 4.92. The molecule has 0 unspecified atom stereocenters. The number of carbonyl (C=O) groups excluding carboxylic acids is 1. The highest BCUT2D eigenvalue weighted by Crippen LogP contribution is 2.35. The molecule has 3 aromatic rings. The van der Waals surface area contributed by atoms with Gasteiger partial charge in [0.15, 0.2) is 6.10 Å². The second kappa shape index (κ2) is 8.33. The van der Waals surface area contributed by atoms with Gasteiger partial charge in [0.05, 0.1) is 16.6 Å². The number of carbonyl (C=O) groups is 1. The van der Waals surface area contributed by atoms with Gasteiger partial charge in [0.2, 0.25) is 5.88 Å². The lowest BCUT2D eigenvalue weighted by molar-refractivity contribution is -0.189. The summed E-state index contributed by atoms with van der Waals surface area (Å²) in [7, 11) is 0. The van der Waals surface area contributed by atoms with Crippen LogP contribution < -0.4 is 15.8 Å². The largest absolute Gasteiger partial charge is 0.464 e. The van der Waals surface area contributed by atoms with Gasteiger partial charge in [-0.2, -0.15) is 13.2 Å². The van der Waals surface area contributed by atoms with Crippen LogP contribution in [-0.4, -0.2) is 38.8 Å². The second-order valence-corrected chi connectivity index (χ2v) is 9.76. The first-order valence-corrected chi connectivity index (χ1v) is 11.0. The molecule has 3 aromatic heterocycles. The first kappa shape index (κ1) is 24.6. The van der Waals surface area contributed by atoms with Gasteiger partial charge >= 0.3 is 12.1 Å². The Morgan fingerprint density at radius 3 is 2.51 bits per heavy atom. The topological polar surface area (TPSA) is 112 Å². The molecule has 4 rings (SSSR count). The van der Waals surface area contributed by atoms with Gasteiger partial charge in [-0.25, -0.2) is 19.7 Å². The Balaban J connectivity index is 1.73. The summed E-state index contributed by atoms with van der Waals surface area (Å²) in [4.78, 5) is 25.2. The van der Waals surface area contributed by atoms with Gasteiger partial charge in [0.1, 0.15) is 17.2 Å². The number of rotatable bonds is 5. The number of nitrogens with one attached hydrogen (secondary N) is 1. The highest BCUT2D eigenvalue weighted by molar-refractivity contribution is 5.93. The van der Waals surface area contributed by atoms with Crippen molar-refractivity contribution in [2.75, 3.05) is 5.32 Å². The minimum Gasteiger partial charge on any atom is -0.464 e. The predicted octanol–water partition coefficient (Wildman–Crippen LogP) is 4.78. The molecule has 0 spiro atoms. The Kier molecular flexibility index (Phi) is 5.87. The van der Waals surface area contributed by atoms with Crippen molar-refractivity contribution in [2.24, 2.45) is 5.73 Å². The van der Waals surface area contributed by atoms with E-state index in [1.54, 1.807) is 32.0 Å². The van der Waals surface area contributed by atoms with Crippen LogP contribution in [0, 0.1) is 0 Å². The van der Waals surface area contributed by atoms with Crippen molar-refractivity contribution in [1.29, 1.82) is 0 Å². The summed E-state index contributed by atoms with van der Waals surface area (Å²) in [5.41, 5.74) is 6.40. The van der Waals surface area contributed by atoms with Crippen molar-refractivity contribution in [3.63, 3.8) is 0 Å². The van der Waals surface area contributed by atoms with E-state index in [9.17, 15) is 18.0 Å². The zero-order valence-corrected chi connectivity index (χ0v) is 19.9. The zero-order valence-electron chi connectivity index (χ0n) is 19.9. The average molecular weight is 489 g/mol. The SMILES string of the molecule is C[C@H](Oc1ncc(C(C)(C)N)c2cc(Nc3ccc4c(n3)CC(C)(C)OC4=O)ncc12)C(F)(F)F. The Labute approximate surface area is 200 Å². The van der Waals surface area contributed by atoms with Crippen molar-refractivity contribution in [3.8, 4) is 5.88 Å². The molecule has 0 radical (unpaired) electrons. The highest BCUT2D eigenvalue weighted by atomic mass is 19.4. The van der Waals surface area contributed by atoms with Crippen molar-refractivity contribution >= 4 is 28.4 Å². The minimum absolute atomic E-state index is 0.190. The van der Waals surface area contributed by atoms with Crippen molar-refractivity contribution in [1.82, 2.24) is 15.0 Å². The number of alkyl halides is 3. The van der Waals surface area contributed by atoms with E-state index >= 15 is 0 Å². The zero-order chi connectivity index (χ0) is 25.8. The number of anilines is 2. The smallest absolute Gasteiger partial charge is 0.425 e. The number of ether oxygens (including phenoxy) is 2. The Hall–Kier alpha value is -3.47. The third kappa shape index (κ3) is 5.14. The molecule has 0 amide bonds. The van der Waals surface area contributed by atoms with Gasteiger partial charge < -0.3 is 20.5 Å². The molecule has 1 aliphatic rings. The van der Waals surface area contributed by atoms with E-state index in [2.05, 4.69) is 20.3 Å². The third-order valence-corrected chi connectivity index (χ3v) is 5.59. The fraction of sp³-hybridized carbons (Fsp3) is 0.417. The summed E-state index contributed by atoms with van der Waals surface area (Å²) in [5, 5.41) is 3.93. The molecule has 1 aliphatic heterocycles. The van der Waals surface area contributed by atoms with Crippen LogP contribution >= 0.6 is 0 Å². The van der Waals surface area contributed by atoms with Gasteiger partial charge in [0, 0.05) is 24.4 Å². The van der Waals surface area contributed by atoms with Crippen LogP contribution in [-0.2, 0) is 16.7 Å². The van der Waals surface area contributed by atoms with Gasteiger partial charge in [0.25, 0.3) is 0 Å². The lowest BCUT2D eigenvalue weighted by Gasteiger charge is -2.30. The fourth-order valence-electron chi connectivity index (χ4n) is 3.79. The fourth-order valence-corrected chi connectivity index (χ4v) is 3.79. The van der Waals surface area contributed by atoms with E-state index in [0.717, 1.165) is 6.92 Å². The minimum atomic E-state index is -4.55. The molecule has 0 aliphatic carbocycles. The predicted molar refractivity (Wildman–Crippen MR) is 124 cm³/mol. The quantitative estimate of drug-likeness (QED) is 0.493. The number of hydrogen-bond acceptors (Lipinski definition) is 8. The van der Waals surface area contributed by atoms with E-state index in [1.807, 2.05) is 13.8 Å². The summed E-state index contributed by atoms with van der Waals surface area (Å²) < 4.78 is 49.7. The van der Waals surface area contributed by atoms with Crippen molar-refractivity contribution in [2.45, 2.75) is 64.5 Å². The molecule has 0 fully saturated rings. The Morgan fingerprint density at radius 1 is 1.14 bits per heavy atom. The van der Waals surface area contributed by atoms with E-state index in [1.165, 1.54) is 12.4 Å². The maximum absolute atomic E-state index is 13.1. The van der Waals surface area contributed by atoms with Crippen LogP contribution in [0.1, 0.15) is 56.2 Å². The summed E-state index contributed by atoms with van der Waals surface area (Å²) >= 11 is 0. The third-order valence-electron chi connectivity index (χ3n) is 5.59. The number of halogens is 3. The maximum atomic E-state index is 13.1. The standard InChI is InChI=1S/C24H26F3N5O3/c1-12(24(25,26)27)34-20-15-10-29-19(8-14(15)16(11-30-20)23(4,5)28)32-18-7-6-13-17(31-18)9-22(2,3)35-21(13)33/h6-8,10-12H,9,28H2,1-5H3,(H,29,31,32)/t12-/m0/s1. The van der Waals surface area contributed by atoms with Crippen LogP contribution in [0.15, 0.2) is 30.6 Å². The second-order valence-electron chi connectivity index (χ2n) is 9.76. The molecule has 8 nitrogen and oxygen atoms in total. The number of esters is 1. The van der Waals surface area contributed by atoms with Gasteiger partial charge in [-0.1, -0.05) is 0 Å². The van der Waals surface area contributed by atoms with E-state index in [0.29, 0.717) is 45.6 Å². The summed E-state index contributed by atoms with van der Waals surface area (Å²) in [5.74, 6) is 0.214. The molecule has 4 heterocycles. The molecule has 35 heavy (non-hydrogen) atoms. The molecule has 11 heteroatoms. The van der Waals surface area contributed by atoms with Crippen LogP contribution in [0.25, 0.3) is 10.8 Å². The normalized spacial score (nSPS) is 16.4. The molecule has 1 atom stereocenters. The van der Waals surface area contributed by atoms with Crippen LogP contribution in [0.2, 0.25) is 0 Å². The number of nitrogens with two attached hydrogens (primary N) is 1. The number of cyclic esters (lactones) is 1. The van der Waals surface area contributed by atoms with Crippen LogP contribution in [0.4, 0.5) is 24.8 Å². The number of aromatic nitrogens is 3. The molecule has 0 saturated carbocycles. The van der Waals surface area contributed by atoms with E-state index in [-0.39, 0.29) is 5.88 Å². The van der Waals surface area contributed by atoms with Gasteiger partial charge in [-0.05, 0) is 63.8 Å². The molecule has 186 valence electrons. The number of nitrogens with zero attached hydrogens (tertiary/aromatic N) is 3. The molecular weight excluding hydrogens is 463 g/mol. The molecule has 0 bridgehead atoms. The van der Waals surface area contributed by atoms with Crippen LogP contribution in [0.5, 0.6) is 5.88 Å². The average Bonchev–Trinajstić information content (AvgIpc) is 2.71. The number of fused-ring (bicyclic) bond motifs is 2. The lowest BCUT2D eigenvalue weighted by atomic mass is 9.93. The van der Waals surface area contributed by atoms with E-state index < -0.39 is 29.4 Å². The van der Waals surface area contributed by atoms with Gasteiger partial charge in [-0.3, -0.25) is 0 Å². The number of pyridine rings is 3. The molecular formula is C24H26F3N5O3. The van der Waals surface area contributed by atoms with E-state index in [4.69, 9.17) is 15.2 Å². The molecule has 0 saturated heterocycles. The maximum Gasteiger partial charge on any atom is 0.425 e. The van der Waals surface area contributed by atoms with Crippen molar-refractivity contribution < 1.29 is 27.4 Å². The lowest BCUT2D eigenvalue weighted by Crippen LogP contribution is -2.36. The molecule has 0 aromatic carbocycles. The van der Waals surface area contributed by atoms with Crippen molar-refractivity contribution in [3.05, 3.63) is 47.4 Å². The first-order valence-electron chi connectivity index (χ1n) is 11.0. The van der Waals surface area contributed by atoms with Gasteiger partial charge in [-0.15, -0.1) is 0 Å². The first-order chi connectivity index (χ1) is 16.1. The number of hydrogen-bond donors (Lipinski definition) is 2. The monoisotopic (exact) mass is 489 g/mol. The summed E-state index contributed by atoms with van der Waals surface area (Å²) in [6.07, 6.45) is -3.35. The molecule has 3 N–H and O–H groups in total. The van der Waals surface area contributed by atoms with Crippen LogP contribution in [0.3, 0.4) is 0 Å². The summed E-state index contributed by atoms with van der Waals surface area (Å²) in [6.45, 7) is 8.06.